The summed E-state index contributed by atoms with van der Waals surface area (Å²) in [5.41, 5.74) is 0. The Morgan fingerprint density at radius 2 is 2.05 bits per heavy atom. The third kappa shape index (κ3) is 3.97. The summed E-state index contributed by atoms with van der Waals surface area (Å²) in [6, 6.07) is 8.00. The van der Waals surface area contributed by atoms with Crippen molar-refractivity contribution in [3.05, 3.63) is 30.5 Å². The van der Waals surface area contributed by atoms with E-state index in [4.69, 9.17) is 0 Å². The molecule has 0 aliphatic heterocycles. The van der Waals surface area contributed by atoms with Crippen LogP contribution in [-0.2, 0) is 4.79 Å². The summed E-state index contributed by atoms with van der Waals surface area (Å²) in [4.78, 5) is 12.0. The number of thioether (sulfide) groups is 1. The molecule has 1 heterocycles. The van der Waals surface area contributed by atoms with Crippen molar-refractivity contribution in [1.82, 2.24) is 15.5 Å². The highest BCUT2D eigenvalue weighted by molar-refractivity contribution is 8.00. The maximum absolute atomic E-state index is 12.0. The molecular weight excluding hydrogens is 294 g/mol. The summed E-state index contributed by atoms with van der Waals surface area (Å²) in [5, 5.41) is 14.2. The number of hydrogen-bond donors (Lipinski definition) is 1. The number of amides is 1. The van der Waals surface area contributed by atoms with Crippen LogP contribution in [0, 0.1) is 5.92 Å². The first-order chi connectivity index (χ1) is 10.8. The zero-order valence-electron chi connectivity index (χ0n) is 12.6. The van der Waals surface area contributed by atoms with Gasteiger partial charge < -0.3 is 5.32 Å². The van der Waals surface area contributed by atoms with Crippen molar-refractivity contribution in [2.24, 2.45) is 5.92 Å². The molecule has 1 aromatic carbocycles. The standard InChI is InChI=1S/C17H21N3OS/c21-16(18-10-13-6-2-1-3-7-13)12-22-17-15-9-5-4-8-14(15)11-19-20-17/h4-5,8-9,11,13H,1-3,6-7,10,12H2,(H,18,21). The molecule has 5 heteroatoms. The van der Waals surface area contributed by atoms with Gasteiger partial charge in [0.15, 0.2) is 0 Å². The molecule has 0 spiro atoms. The summed E-state index contributed by atoms with van der Waals surface area (Å²) < 4.78 is 0. The monoisotopic (exact) mass is 315 g/mol. The molecule has 116 valence electrons. The Bertz CT molecular complexity index is 635. The van der Waals surface area contributed by atoms with Gasteiger partial charge in [-0.05, 0) is 18.8 Å². The summed E-state index contributed by atoms with van der Waals surface area (Å²) in [6.45, 7) is 0.820. The Labute approximate surface area is 135 Å². The third-order valence-corrected chi connectivity index (χ3v) is 5.17. The van der Waals surface area contributed by atoms with Crippen LogP contribution in [0.25, 0.3) is 10.8 Å². The van der Waals surface area contributed by atoms with E-state index in [1.807, 2.05) is 24.3 Å². The van der Waals surface area contributed by atoms with E-state index in [1.165, 1.54) is 43.9 Å². The molecule has 1 saturated carbocycles. The van der Waals surface area contributed by atoms with Gasteiger partial charge in [0.25, 0.3) is 0 Å². The quantitative estimate of drug-likeness (QED) is 0.859. The Morgan fingerprint density at radius 3 is 2.91 bits per heavy atom. The van der Waals surface area contributed by atoms with Gasteiger partial charge >= 0.3 is 0 Å². The van der Waals surface area contributed by atoms with Crippen molar-refractivity contribution >= 4 is 28.4 Å². The Morgan fingerprint density at radius 1 is 1.23 bits per heavy atom. The number of carbonyl (C=O) groups excluding carboxylic acids is 1. The molecule has 1 aliphatic carbocycles. The van der Waals surface area contributed by atoms with Crippen LogP contribution >= 0.6 is 11.8 Å². The van der Waals surface area contributed by atoms with Gasteiger partial charge in [0.2, 0.25) is 5.91 Å². The van der Waals surface area contributed by atoms with Gasteiger partial charge in [0.05, 0.1) is 11.9 Å². The second kappa shape index (κ2) is 7.58. The van der Waals surface area contributed by atoms with E-state index >= 15 is 0 Å². The second-order valence-electron chi connectivity index (χ2n) is 5.83. The first kappa shape index (κ1) is 15.3. The number of aromatic nitrogens is 2. The van der Waals surface area contributed by atoms with Crippen LogP contribution in [-0.4, -0.2) is 28.4 Å². The fourth-order valence-corrected chi connectivity index (χ4v) is 3.76. The van der Waals surface area contributed by atoms with Crippen LogP contribution in [0.5, 0.6) is 0 Å². The predicted molar refractivity (Wildman–Crippen MR) is 89.8 cm³/mol. The van der Waals surface area contributed by atoms with Gasteiger partial charge in [-0.1, -0.05) is 55.3 Å². The number of hydrogen-bond acceptors (Lipinski definition) is 4. The van der Waals surface area contributed by atoms with Crippen molar-refractivity contribution in [1.29, 1.82) is 0 Å². The molecule has 2 aromatic rings. The smallest absolute Gasteiger partial charge is 0.230 e. The van der Waals surface area contributed by atoms with Gasteiger partial charge in [0.1, 0.15) is 5.03 Å². The Balaban J connectivity index is 1.51. The minimum absolute atomic E-state index is 0.0882. The molecule has 1 fully saturated rings. The van der Waals surface area contributed by atoms with E-state index in [0.29, 0.717) is 11.7 Å². The van der Waals surface area contributed by atoms with Crippen LogP contribution < -0.4 is 5.32 Å². The molecule has 4 nitrogen and oxygen atoms in total. The lowest BCUT2D eigenvalue weighted by atomic mass is 9.89. The second-order valence-corrected chi connectivity index (χ2v) is 6.80. The maximum atomic E-state index is 12.0. The van der Waals surface area contributed by atoms with Gasteiger partial charge in [-0.3, -0.25) is 4.79 Å². The van der Waals surface area contributed by atoms with E-state index in [1.54, 1.807) is 6.20 Å². The van der Waals surface area contributed by atoms with Crippen molar-refractivity contribution in [2.45, 2.75) is 37.1 Å². The normalized spacial score (nSPS) is 15.8. The molecule has 1 aromatic heterocycles. The first-order valence-electron chi connectivity index (χ1n) is 7.93. The van der Waals surface area contributed by atoms with Gasteiger partial charge in [0, 0.05) is 17.3 Å². The lowest BCUT2D eigenvalue weighted by Crippen LogP contribution is -2.31. The van der Waals surface area contributed by atoms with E-state index in [9.17, 15) is 4.79 Å². The molecule has 0 atom stereocenters. The molecule has 1 amide bonds. The number of carbonyl (C=O) groups is 1. The number of nitrogens with zero attached hydrogens (tertiary/aromatic N) is 2. The zero-order chi connectivity index (χ0) is 15.2. The van der Waals surface area contributed by atoms with Crippen LogP contribution in [0.3, 0.4) is 0 Å². The molecular formula is C17H21N3OS. The summed E-state index contributed by atoms with van der Waals surface area (Å²) in [5.74, 6) is 1.15. The number of fused-ring (bicyclic) bond motifs is 1. The third-order valence-electron chi connectivity index (χ3n) is 4.19. The van der Waals surface area contributed by atoms with E-state index in [0.717, 1.165) is 22.3 Å². The SMILES string of the molecule is O=C(CSc1nncc2ccccc12)NCC1CCCCC1. The highest BCUT2D eigenvalue weighted by Gasteiger charge is 2.14. The lowest BCUT2D eigenvalue weighted by molar-refractivity contribution is -0.118. The van der Waals surface area contributed by atoms with Crippen molar-refractivity contribution in [3.8, 4) is 0 Å². The fraction of sp³-hybridized carbons (Fsp3) is 0.471. The molecule has 1 N–H and O–H groups in total. The summed E-state index contributed by atoms with van der Waals surface area (Å²) in [7, 11) is 0. The van der Waals surface area contributed by atoms with Crippen LogP contribution in [0.4, 0.5) is 0 Å². The van der Waals surface area contributed by atoms with Crippen molar-refractivity contribution < 1.29 is 4.79 Å². The molecule has 0 radical (unpaired) electrons. The van der Waals surface area contributed by atoms with Crippen molar-refractivity contribution in [2.75, 3.05) is 12.3 Å². The maximum Gasteiger partial charge on any atom is 0.230 e. The molecule has 1 aliphatic rings. The molecule has 0 saturated heterocycles. The fourth-order valence-electron chi connectivity index (χ4n) is 2.94. The molecule has 0 unspecified atom stereocenters. The van der Waals surface area contributed by atoms with E-state index < -0.39 is 0 Å². The zero-order valence-corrected chi connectivity index (χ0v) is 13.4. The highest BCUT2D eigenvalue weighted by Crippen LogP contribution is 2.25. The Kier molecular flexibility index (Phi) is 5.27. The number of rotatable bonds is 5. The largest absolute Gasteiger partial charge is 0.355 e. The summed E-state index contributed by atoms with van der Waals surface area (Å²) >= 11 is 1.46. The number of benzene rings is 1. The minimum Gasteiger partial charge on any atom is -0.355 e. The lowest BCUT2D eigenvalue weighted by Gasteiger charge is -2.21. The van der Waals surface area contributed by atoms with Gasteiger partial charge in [-0.25, -0.2) is 0 Å². The molecule has 3 rings (SSSR count). The average Bonchev–Trinajstić information content (AvgIpc) is 2.59. The topological polar surface area (TPSA) is 54.9 Å². The van der Waals surface area contributed by atoms with E-state index in [2.05, 4.69) is 15.5 Å². The summed E-state index contributed by atoms with van der Waals surface area (Å²) in [6.07, 6.45) is 8.22. The van der Waals surface area contributed by atoms with Crippen molar-refractivity contribution in [3.63, 3.8) is 0 Å². The molecule has 22 heavy (non-hydrogen) atoms. The van der Waals surface area contributed by atoms with E-state index in [-0.39, 0.29) is 5.91 Å². The van der Waals surface area contributed by atoms with Gasteiger partial charge in [-0.15, -0.1) is 5.10 Å². The van der Waals surface area contributed by atoms with Crippen LogP contribution in [0.1, 0.15) is 32.1 Å². The first-order valence-corrected chi connectivity index (χ1v) is 8.91. The highest BCUT2D eigenvalue weighted by atomic mass is 32.2. The number of nitrogens with one attached hydrogen (secondary N) is 1. The van der Waals surface area contributed by atoms with Crippen LogP contribution in [0.15, 0.2) is 35.5 Å². The minimum atomic E-state index is 0.0882. The predicted octanol–water partition coefficient (Wildman–Crippen LogP) is 3.42. The van der Waals surface area contributed by atoms with Crippen LogP contribution in [0.2, 0.25) is 0 Å². The average molecular weight is 315 g/mol. The Hall–Kier alpha value is -1.62. The molecule has 0 bridgehead atoms. The van der Waals surface area contributed by atoms with Gasteiger partial charge in [-0.2, -0.15) is 5.10 Å².